The topological polar surface area (TPSA) is 64.2 Å². The number of likely N-dealkylation sites (tertiary alicyclic amines) is 1. The van der Waals surface area contributed by atoms with Crippen molar-refractivity contribution in [2.75, 3.05) is 58.9 Å². The summed E-state index contributed by atoms with van der Waals surface area (Å²) in [7, 11) is -3.88. The molecule has 0 saturated carbocycles. The third kappa shape index (κ3) is 5.49. The molecule has 2 heterocycles. The van der Waals surface area contributed by atoms with Gasteiger partial charge in [-0.1, -0.05) is 31.0 Å². The fourth-order valence-corrected chi connectivity index (χ4v) is 5.36. The van der Waals surface area contributed by atoms with Crippen LogP contribution < -0.4 is 0 Å². The largest absolute Gasteiger partial charge is 0.334 e. The fraction of sp³-hybridized carbons (Fsp3) is 0.667. The van der Waals surface area contributed by atoms with Gasteiger partial charge < -0.3 is 14.7 Å². The molecule has 0 bridgehead atoms. The molecule has 1 aromatic carbocycles. The maximum absolute atomic E-state index is 13.4. The molecule has 2 amide bonds. The number of carbonyl (C=O) groups excluding carboxylic acids is 1. The van der Waals surface area contributed by atoms with Gasteiger partial charge in [-0.15, -0.1) is 0 Å². The van der Waals surface area contributed by atoms with Crippen LogP contribution in [0.5, 0.6) is 0 Å². The van der Waals surface area contributed by atoms with E-state index < -0.39 is 16.1 Å². The number of aryl methyl sites for hydroxylation is 1. The van der Waals surface area contributed by atoms with E-state index >= 15 is 0 Å². The third-order valence-electron chi connectivity index (χ3n) is 5.98. The Labute approximate surface area is 175 Å². The second-order valence-corrected chi connectivity index (χ2v) is 9.86. The zero-order chi connectivity index (χ0) is 20.9. The van der Waals surface area contributed by atoms with E-state index in [1.807, 2.05) is 6.92 Å². The zero-order valence-corrected chi connectivity index (χ0v) is 18.5. The lowest BCUT2D eigenvalue weighted by Gasteiger charge is -2.37. The molecule has 0 aromatic heterocycles. The first-order valence-corrected chi connectivity index (χ1v) is 12.2. The maximum Gasteiger partial charge on any atom is 0.334 e. The van der Waals surface area contributed by atoms with Gasteiger partial charge >= 0.3 is 6.03 Å². The highest BCUT2D eigenvalue weighted by Gasteiger charge is 2.34. The summed E-state index contributed by atoms with van der Waals surface area (Å²) in [6, 6.07) is 6.36. The summed E-state index contributed by atoms with van der Waals surface area (Å²) in [5.74, 6) is 0. The molecule has 1 aromatic rings. The smallest absolute Gasteiger partial charge is 0.321 e. The lowest BCUT2D eigenvalue weighted by atomic mass is 10.1. The molecule has 2 saturated heterocycles. The molecule has 7 nitrogen and oxygen atoms in total. The van der Waals surface area contributed by atoms with Crippen molar-refractivity contribution in [1.82, 2.24) is 19.0 Å². The Morgan fingerprint density at radius 1 is 0.931 bits per heavy atom. The first kappa shape index (κ1) is 22.1. The van der Waals surface area contributed by atoms with Gasteiger partial charge in [-0.2, -0.15) is 0 Å². The first-order valence-electron chi connectivity index (χ1n) is 10.7. The van der Waals surface area contributed by atoms with Gasteiger partial charge in [0, 0.05) is 32.7 Å². The van der Waals surface area contributed by atoms with Gasteiger partial charge in [-0.3, -0.25) is 0 Å². The van der Waals surface area contributed by atoms with Crippen LogP contribution in [-0.2, 0) is 10.0 Å². The van der Waals surface area contributed by atoms with Crippen molar-refractivity contribution in [3.05, 3.63) is 29.8 Å². The number of likely N-dealkylation sites (N-methyl/N-ethyl adjacent to an activating group) is 1. The lowest BCUT2D eigenvalue weighted by molar-refractivity contribution is 0.127. The molecule has 0 radical (unpaired) electrons. The van der Waals surface area contributed by atoms with Gasteiger partial charge in [0.05, 0.1) is 11.4 Å². The first-order chi connectivity index (χ1) is 13.9. The van der Waals surface area contributed by atoms with E-state index in [9.17, 15) is 13.2 Å². The Hall–Kier alpha value is -1.64. The van der Waals surface area contributed by atoms with E-state index in [1.54, 1.807) is 29.2 Å². The minimum atomic E-state index is -3.88. The van der Waals surface area contributed by atoms with Crippen LogP contribution >= 0.6 is 0 Å². The number of nitrogens with zero attached hydrogens (tertiary/aromatic N) is 4. The molecular weight excluding hydrogens is 388 g/mol. The molecule has 8 heteroatoms. The van der Waals surface area contributed by atoms with E-state index in [4.69, 9.17) is 0 Å². The number of benzene rings is 1. The highest BCUT2D eigenvalue weighted by Crippen LogP contribution is 2.20. The van der Waals surface area contributed by atoms with Gasteiger partial charge in [-0.05, 0) is 51.5 Å². The van der Waals surface area contributed by atoms with Gasteiger partial charge in [0.2, 0.25) is 0 Å². The fourth-order valence-electron chi connectivity index (χ4n) is 3.98. The normalized spacial score (nSPS) is 19.3. The van der Waals surface area contributed by atoms with Crippen LogP contribution in [0, 0.1) is 6.92 Å². The number of hydrogen-bond donors (Lipinski definition) is 0. The number of amides is 2. The molecule has 0 aliphatic carbocycles. The highest BCUT2D eigenvalue weighted by molar-refractivity contribution is 7.89. The summed E-state index contributed by atoms with van der Waals surface area (Å²) in [5, 5.41) is 0. The number of hydrogen-bond acceptors (Lipinski definition) is 5. The standard InChI is InChI=1S/C21H34N4O3S/c1-3-22-13-16-24(17-14-22)21(26)25(18-15-23-11-5-4-6-12-23)29(27,28)20-9-7-19(2)8-10-20/h7-10H,3-6,11-18H2,1-2H3. The summed E-state index contributed by atoms with van der Waals surface area (Å²) in [6.07, 6.45) is 3.50. The summed E-state index contributed by atoms with van der Waals surface area (Å²) < 4.78 is 27.8. The number of rotatable bonds is 6. The average molecular weight is 423 g/mol. The molecule has 29 heavy (non-hydrogen) atoms. The number of piperidine rings is 1. The monoisotopic (exact) mass is 422 g/mol. The quantitative estimate of drug-likeness (QED) is 0.703. The molecule has 162 valence electrons. The van der Waals surface area contributed by atoms with Crippen LogP contribution in [0.15, 0.2) is 29.2 Å². The zero-order valence-electron chi connectivity index (χ0n) is 17.7. The van der Waals surface area contributed by atoms with Crippen LogP contribution in [0.1, 0.15) is 31.7 Å². The minimum absolute atomic E-state index is 0.183. The minimum Gasteiger partial charge on any atom is -0.321 e. The summed E-state index contributed by atoms with van der Waals surface area (Å²) in [6.45, 7) is 10.4. The van der Waals surface area contributed by atoms with E-state index in [-0.39, 0.29) is 11.4 Å². The van der Waals surface area contributed by atoms with Gasteiger partial charge in [0.1, 0.15) is 0 Å². The van der Waals surface area contributed by atoms with E-state index in [0.29, 0.717) is 19.6 Å². The predicted octanol–water partition coefficient (Wildman–Crippen LogP) is 2.23. The Bertz CT molecular complexity index is 768. The highest BCUT2D eigenvalue weighted by atomic mass is 32.2. The van der Waals surface area contributed by atoms with Crippen molar-refractivity contribution >= 4 is 16.1 Å². The Kier molecular flexibility index (Phi) is 7.54. The Morgan fingerprint density at radius 3 is 2.14 bits per heavy atom. The van der Waals surface area contributed by atoms with Crippen molar-refractivity contribution in [2.45, 2.75) is 38.0 Å². The molecule has 2 aliphatic rings. The summed E-state index contributed by atoms with van der Waals surface area (Å²) in [4.78, 5) is 19.7. The van der Waals surface area contributed by atoms with Gasteiger partial charge in [-0.25, -0.2) is 17.5 Å². The van der Waals surface area contributed by atoms with Crippen LogP contribution in [0.25, 0.3) is 0 Å². The molecule has 0 unspecified atom stereocenters. The van der Waals surface area contributed by atoms with E-state index in [2.05, 4.69) is 16.7 Å². The Balaban J connectivity index is 1.78. The number of urea groups is 1. The lowest BCUT2D eigenvalue weighted by Crippen LogP contribution is -2.55. The van der Waals surface area contributed by atoms with Crippen LogP contribution in [0.2, 0.25) is 0 Å². The second-order valence-electron chi connectivity index (χ2n) is 8.00. The second kappa shape index (κ2) is 9.91. The number of sulfonamides is 1. The predicted molar refractivity (Wildman–Crippen MR) is 114 cm³/mol. The van der Waals surface area contributed by atoms with Crippen molar-refractivity contribution < 1.29 is 13.2 Å². The van der Waals surface area contributed by atoms with Crippen molar-refractivity contribution in [3.63, 3.8) is 0 Å². The summed E-state index contributed by atoms with van der Waals surface area (Å²) >= 11 is 0. The van der Waals surface area contributed by atoms with E-state index in [1.165, 1.54) is 6.42 Å². The number of carbonyl (C=O) groups is 1. The number of piperazine rings is 1. The molecule has 2 aliphatic heterocycles. The van der Waals surface area contributed by atoms with Crippen molar-refractivity contribution in [2.24, 2.45) is 0 Å². The average Bonchev–Trinajstić information content (AvgIpc) is 2.74. The molecule has 3 rings (SSSR count). The van der Waals surface area contributed by atoms with Crippen LogP contribution in [0.4, 0.5) is 4.79 Å². The molecule has 0 N–H and O–H groups in total. The summed E-state index contributed by atoms with van der Waals surface area (Å²) in [5.41, 5.74) is 0.992. The molecule has 2 fully saturated rings. The van der Waals surface area contributed by atoms with E-state index in [0.717, 1.165) is 55.4 Å². The van der Waals surface area contributed by atoms with Crippen LogP contribution in [-0.4, -0.2) is 92.4 Å². The van der Waals surface area contributed by atoms with Gasteiger partial charge in [0.25, 0.3) is 10.0 Å². The van der Waals surface area contributed by atoms with Crippen LogP contribution in [0.3, 0.4) is 0 Å². The molecule has 0 spiro atoms. The maximum atomic E-state index is 13.4. The van der Waals surface area contributed by atoms with Crippen molar-refractivity contribution in [3.8, 4) is 0 Å². The SMILES string of the molecule is CCN1CCN(C(=O)N(CCN2CCCCC2)S(=O)(=O)c2ccc(C)cc2)CC1. The Morgan fingerprint density at radius 2 is 1.55 bits per heavy atom. The molecular formula is C21H34N4O3S. The van der Waals surface area contributed by atoms with Gasteiger partial charge in [0.15, 0.2) is 0 Å². The molecule has 0 atom stereocenters. The van der Waals surface area contributed by atoms with Crippen molar-refractivity contribution in [1.29, 1.82) is 0 Å². The third-order valence-corrected chi connectivity index (χ3v) is 7.77.